The molecule has 0 bridgehead atoms. The molecule has 94 valence electrons. The summed E-state index contributed by atoms with van der Waals surface area (Å²) in [5.41, 5.74) is 2.05. The number of carboxylic acids is 1. The largest absolute Gasteiger partial charge is 0.481 e. The number of aryl methyl sites for hydroxylation is 1. The molecule has 2 rings (SSSR count). The van der Waals surface area contributed by atoms with Gasteiger partial charge in [0.15, 0.2) is 0 Å². The van der Waals surface area contributed by atoms with Crippen LogP contribution in [0.4, 0.5) is 4.39 Å². The Morgan fingerprint density at radius 2 is 2.00 bits per heavy atom. The second-order valence-electron chi connectivity index (χ2n) is 4.14. The first kappa shape index (κ1) is 12.3. The van der Waals surface area contributed by atoms with Gasteiger partial charge in [0.1, 0.15) is 5.82 Å². The maximum absolute atomic E-state index is 12.8. The average Bonchev–Trinajstić information content (AvgIpc) is 2.71. The van der Waals surface area contributed by atoms with Crippen molar-refractivity contribution in [1.82, 2.24) is 9.78 Å². The Hall–Kier alpha value is -2.17. The Labute approximate surface area is 104 Å². The van der Waals surface area contributed by atoms with Crippen molar-refractivity contribution in [2.24, 2.45) is 7.05 Å². The van der Waals surface area contributed by atoms with Crippen LogP contribution in [-0.2, 0) is 11.8 Å². The fourth-order valence-electron chi connectivity index (χ4n) is 1.72. The number of aliphatic carboxylic acids is 1. The second kappa shape index (κ2) is 4.60. The highest BCUT2D eigenvalue weighted by molar-refractivity contribution is 5.75. The first-order valence-corrected chi connectivity index (χ1v) is 5.51. The van der Waals surface area contributed by atoms with Crippen molar-refractivity contribution in [1.29, 1.82) is 0 Å². The van der Waals surface area contributed by atoms with Gasteiger partial charge < -0.3 is 5.11 Å². The van der Waals surface area contributed by atoms with Gasteiger partial charge in [-0.25, -0.2) is 4.39 Å². The van der Waals surface area contributed by atoms with E-state index in [4.69, 9.17) is 5.11 Å². The third kappa shape index (κ3) is 2.25. The van der Waals surface area contributed by atoms with Crippen LogP contribution in [0.3, 0.4) is 0 Å². The minimum Gasteiger partial charge on any atom is -0.481 e. The summed E-state index contributed by atoms with van der Waals surface area (Å²) in [6.45, 7) is 1.58. The number of nitrogens with zero attached hydrogens (tertiary/aromatic N) is 2. The quantitative estimate of drug-likeness (QED) is 0.907. The molecule has 0 saturated heterocycles. The SMILES string of the molecule is CC(C(=O)O)c1cc(-c2ccc(F)cc2)n(C)n1. The molecule has 0 aliphatic heterocycles. The Morgan fingerprint density at radius 3 is 2.56 bits per heavy atom. The number of hydrogen-bond donors (Lipinski definition) is 1. The number of carboxylic acid groups (broad SMARTS) is 1. The minimum atomic E-state index is -0.918. The summed E-state index contributed by atoms with van der Waals surface area (Å²) in [6, 6.07) is 7.72. The van der Waals surface area contributed by atoms with Crippen molar-refractivity contribution in [3.63, 3.8) is 0 Å². The van der Waals surface area contributed by atoms with E-state index in [1.54, 1.807) is 36.9 Å². The van der Waals surface area contributed by atoms with Crippen molar-refractivity contribution in [2.75, 3.05) is 0 Å². The molecule has 0 aliphatic carbocycles. The highest BCUT2D eigenvalue weighted by Crippen LogP contribution is 2.23. The lowest BCUT2D eigenvalue weighted by Crippen LogP contribution is -2.08. The number of halogens is 1. The third-order valence-corrected chi connectivity index (χ3v) is 2.85. The molecule has 0 spiro atoms. The fraction of sp³-hybridized carbons (Fsp3) is 0.231. The molecular formula is C13H13FN2O2. The van der Waals surface area contributed by atoms with Gasteiger partial charge in [-0.05, 0) is 42.8 Å². The molecule has 0 aliphatic rings. The van der Waals surface area contributed by atoms with Crippen LogP contribution in [0.2, 0.25) is 0 Å². The molecule has 1 N–H and O–H groups in total. The molecule has 1 unspecified atom stereocenters. The molecule has 0 saturated carbocycles. The third-order valence-electron chi connectivity index (χ3n) is 2.85. The van der Waals surface area contributed by atoms with E-state index >= 15 is 0 Å². The second-order valence-corrected chi connectivity index (χ2v) is 4.14. The zero-order valence-corrected chi connectivity index (χ0v) is 10.1. The Morgan fingerprint density at radius 1 is 1.39 bits per heavy atom. The smallest absolute Gasteiger partial charge is 0.312 e. The van der Waals surface area contributed by atoms with Gasteiger partial charge in [-0.2, -0.15) is 5.10 Å². The lowest BCUT2D eigenvalue weighted by molar-refractivity contribution is -0.138. The number of benzene rings is 1. The summed E-state index contributed by atoms with van der Waals surface area (Å²) in [7, 11) is 1.73. The van der Waals surface area contributed by atoms with Crippen LogP contribution in [0.5, 0.6) is 0 Å². The maximum Gasteiger partial charge on any atom is 0.312 e. The van der Waals surface area contributed by atoms with E-state index in [1.807, 2.05) is 0 Å². The lowest BCUT2D eigenvalue weighted by atomic mass is 10.1. The van der Waals surface area contributed by atoms with E-state index in [2.05, 4.69) is 5.10 Å². The number of carbonyl (C=O) groups is 1. The van der Waals surface area contributed by atoms with Crippen molar-refractivity contribution < 1.29 is 14.3 Å². The molecular weight excluding hydrogens is 235 g/mol. The van der Waals surface area contributed by atoms with Crippen LogP contribution in [0.15, 0.2) is 30.3 Å². The van der Waals surface area contributed by atoms with Gasteiger partial charge in [0.05, 0.1) is 17.3 Å². The summed E-state index contributed by atoms with van der Waals surface area (Å²) >= 11 is 0. The van der Waals surface area contributed by atoms with Gasteiger partial charge >= 0.3 is 5.97 Å². The molecule has 18 heavy (non-hydrogen) atoms. The number of rotatable bonds is 3. The van der Waals surface area contributed by atoms with Crippen LogP contribution in [-0.4, -0.2) is 20.9 Å². The zero-order valence-electron chi connectivity index (χ0n) is 10.1. The van der Waals surface area contributed by atoms with E-state index in [9.17, 15) is 9.18 Å². The highest BCUT2D eigenvalue weighted by Gasteiger charge is 2.18. The molecule has 1 heterocycles. The number of aromatic nitrogens is 2. The van der Waals surface area contributed by atoms with E-state index in [0.29, 0.717) is 5.69 Å². The van der Waals surface area contributed by atoms with Crippen LogP contribution in [0, 0.1) is 5.82 Å². The van der Waals surface area contributed by atoms with Crippen LogP contribution < -0.4 is 0 Å². The average molecular weight is 248 g/mol. The minimum absolute atomic E-state index is 0.306. The standard InChI is InChI=1S/C13H13FN2O2/c1-8(13(17)18)11-7-12(16(2)15-11)9-3-5-10(14)6-4-9/h3-8H,1-2H3,(H,17,18). The van der Waals surface area contributed by atoms with Gasteiger partial charge in [-0.15, -0.1) is 0 Å². The molecule has 4 nitrogen and oxygen atoms in total. The molecule has 1 aromatic carbocycles. The van der Waals surface area contributed by atoms with Crippen LogP contribution in [0.25, 0.3) is 11.3 Å². The van der Waals surface area contributed by atoms with Crippen molar-refractivity contribution >= 4 is 5.97 Å². The molecule has 0 fully saturated rings. The van der Waals surface area contributed by atoms with E-state index in [0.717, 1.165) is 11.3 Å². The van der Waals surface area contributed by atoms with Gasteiger partial charge in [0.25, 0.3) is 0 Å². The van der Waals surface area contributed by atoms with Crippen molar-refractivity contribution in [3.8, 4) is 11.3 Å². The predicted octanol–water partition coefficient (Wildman–Crippen LogP) is 2.41. The van der Waals surface area contributed by atoms with Crippen LogP contribution in [0.1, 0.15) is 18.5 Å². The van der Waals surface area contributed by atoms with Gasteiger partial charge in [0, 0.05) is 7.05 Å². The van der Waals surface area contributed by atoms with Gasteiger partial charge in [-0.3, -0.25) is 9.48 Å². The van der Waals surface area contributed by atoms with E-state index in [1.165, 1.54) is 12.1 Å². The van der Waals surface area contributed by atoms with Crippen LogP contribution >= 0.6 is 0 Å². The molecule has 1 aromatic heterocycles. The Balaban J connectivity index is 2.40. The predicted molar refractivity (Wildman–Crippen MR) is 64.7 cm³/mol. The molecule has 5 heteroatoms. The zero-order chi connectivity index (χ0) is 13.3. The van der Waals surface area contributed by atoms with E-state index in [-0.39, 0.29) is 5.82 Å². The lowest BCUT2D eigenvalue weighted by Gasteiger charge is -2.00. The number of hydrogen-bond acceptors (Lipinski definition) is 2. The Kier molecular flexibility index (Phi) is 3.14. The van der Waals surface area contributed by atoms with E-state index < -0.39 is 11.9 Å². The van der Waals surface area contributed by atoms with Crippen molar-refractivity contribution in [2.45, 2.75) is 12.8 Å². The monoisotopic (exact) mass is 248 g/mol. The molecule has 0 amide bonds. The molecule has 2 aromatic rings. The summed E-state index contributed by atoms with van der Waals surface area (Å²) < 4.78 is 14.4. The summed E-state index contributed by atoms with van der Waals surface area (Å²) in [4.78, 5) is 10.9. The summed E-state index contributed by atoms with van der Waals surface area (Å²) in [5.74, 6) is -1.88. The molecule has 1 atom stereocenters. The first-order valence-electron chi connectivity index (χ1n) is 5.51. The normalized spacial score (nSPS) is 12.4. The summed E-state index contributed by atoms with van der Waals surface area (Å²) in [6.07, 6.45) is 0. The van der Waals surface area contributed by atoms with Crippen molar-refractivity contribution in [3.05, 3.63) is 41.8 Å². The highest BCUT2D eigenvalue weighted by atomic mass is 19.1. The first-order chi connectivity index (χ1) is 8.49. The Bertz CT molecular complexity index is 575. The van der Waals surface area contributed by atoms with Gasteiger partial charge in [0.2, 0.25) is 0 Å². The van der Waals surface area contributed by atoms with Gasteiger partial charge in [-0.1, -0.05) is 0 Å². The summed E-state index contributed by atoms with van der Waals surface area (Å²) in [5, 5.41) is 13.1. The topological polar surface area (TPSA) is 55.1 Å². The molecule has 0 radical (unpaired) electrons. The fourth-order valence-corrected chi connectivity index (χ4v) is 1.72. The maximum atomic E-state index is 12.8.